The zero-order valence-corrected chi connectivity index (χ0v) is 15.2. The van der Waals surface area contributed by atoms with E-state index >= 15 is 0 Å². The second-order valence-corrected chi connectivity index (χ2v) is 6.99. The van der Waals surface area contributed by atoms with Gasteiger partial charge in [-0.2, -0.15) is 0 Å². The largest absolute Gasteiger partial charge is 0.390 e. The fourth-order valence-corrected chi connectivity index (χ4v) is 3.42. The van der Waals surface area contributed by atoms with E-state index in [0.717, 1.165) is 42.0 Å². The van der Waals surface area contributed by atoms with Gasteiger partial charge in [-0.05, 0) is 57.1 Å². The van der Waals surface area contributed by atoms with E-state index < -0.39 is 0 Å². The molecule has 1 unspecified atom stereocenters. The summed E-state index contributed by atoms with van der Waals surface area (Å²) >= 11 is 6.09. The number of allylic oxidation sites excluding steroid dienone is 1. The number of likely N-dealkylation sites (tertiary alicyclic amines) is 1. The normalized spacial score (nSPS) is 20.7. The monoisotopic (exact) mass is 359 g/mol. The molecule has 134 valence electrons. The predicted octanol–water partition coefficient (Wildman–Crippen LogP) is 3.54. The van der Waals surface area contributed by atoms with Crippen LogP contribution < -0.4 is 10.6 Å². The van der Waals surface area contributed by atoms with Crippen LogP contribution in [0.25, 0.3) is 11.6 Å². The molecule has 6 heteroatoms. The van der Waals surface area contributed by atoms with Crippen LogP contribution in [0.2, 0.25) is 0 Å². The van der Waals surface area contributed by atoms with Crippen molar-refractivity contribution in [3.05, 3.63) is 35.8 Å². The Kier molecular flexibility index (Phi) is 6.48. The van der Waals surface area contributed by atoms with Gasteiger partial charge >= 0.3 is 0 Å². The molecule has 0 saturated carbocycles. The summed E-state index contributed by atoms with van der Waals surface area (Å²) in [5.74, 6) is 0. The summed E-state index contributed by atoms with van der Waals surface area (Å²) in [6.07, 6.45) is 14.0. The first-order valence-electron chi connectivity index (χ1n) is 9.02. The van der Waals surface area contributed by atoms with Crippen molar-refractivity contribution < 1.29 is 0 Å². The van der Waals surface area contributed by atoms with Crippen molar-refractivity contribution in [3.63, 3.8) is 0 Å². The Morgan fingerprint density at radius 2 is 2.24 bits per heavy atom. The molecule has 3 heterocycles. The first-order chi connectivity index (χ1) is 12.3. The fourth-order valence-electron chi connectivity index (χ4n) is 3.23. The minimum atomic E-state index is -0.218. The number of pyridine rings is 1. The molecule has 1 fully saturated rings. The molecule has 0 spiro atoms. The number of halogens is 1. The molecule has 5 nitrogen and oxygen atoms in total. The minimum absolute atomic E-state index is 0.218. The lowest BCUT2D eigenvalue weighted by Gasteiger charge is -2.26. The van der Waals surface area contributed by atoms with Crippen LogP contribution in [0.4, 0.5) is 5.69 Å². The average Bonchev–Trinajstić information content (AvgIpc) is 2.65. The van der Waals surface area contributed by atoms with Crippen molar-refractivity contribution in [2.45, 2.75) is 31.2 Å². The van der Waals surface area contributed by atoms with E-state index in [9.17, 15) is 0 Å². The molecule has 0 bridgehead atoms. The van der Waals surface area contributed by atoms with Crippen LogP contribution in [-0.2, 0) is 0 Å². The van der Waals surface area contributed by atoms with Crippen molar-refractivity contribution in [2.75, 3.05) is 31.5 Å². The van der Waals surface area contributed by atoms with Crippen LogP contribution in [-0.4, -0.2) is 47.8 Å². The van der Waals surface area contributed by atoms with Crippen molar-refractivity contribution in [1.82, 2.24) is 15.2 Å². The quantitative estimate of drug-likeness (QED) is 0.301. The van der Waals surface area contributed by atoms with E-state index in [1.807, 2.05) is 24.4 Å². The van der Waals surface area contributed by atoms with Gasteiger partial charge in [0, 0.05) is 36.3 Å². The molecule has 2 aliphatic rings. The Balaban J connectivity index is 1.53. The highest BCUT2D eigenvalue weighted by Crippen LogP contribution is 2.25. The number of nitrogens with one attached hydrogen (secondary N) is 3. The van der Waals surface area contributed by atoms with E-state index in [4.69, 9.17) is 17.0 Å². The topological polar surface area (TPSA) is 64.0 Å². The number of piperidine rings is 1. The fraction of sp³-hybridized carbons (Fsp3) is 0.474. The number of fused-ring (bicyclic) bond motifs is 1. The van der Waals surface area contributed by atoms with Gasteiger partial charge in [0.2, 0.25) is 0 Å². The maximum absolute atomic E-state index is 7.69. The summed E-state index contributed by atoms with van der Waals surface area (Å²) in [5.41, 5.74) is 3.28. The van der Waals surface area contributed by atoms with Crippen LogP contribution >= 0.6 is 11.6 Å². The molecule has 1 saturated heterocycles. The van der Waals surface area contributed by atoms with Crippen molar-refractivity contribution in [1.29, 1.82) is 5.41 Å². The van der Waals surface area contributed by atoms with E-state index in [0.29, 0.717) is 0 Å². The number of aromatic nitrogens is 1. The summed E-state index contributed by atoms with van der Waals surface area (Å²) in [6.45, 7) is 4.54. The highest BCUT2D eigenvalue weighted by atomic mass is 35.5. The third-order valence-corrected chi connectivity index (χ3v) is 4.88. The Hall–Kier alpha value is -1.85. The summed E-state index contributed by atoms with van der Waals surface area (Å²) in [7, 11) is 0. The number of hydrogen-bond donors (Lipinski definition) is 3. The van der Waals surface area contributed by atoms with Gasteiger partial charge in [-0.1, -0.05) is 18.0 Å². The number of rotatable bonds is 7. The number of anilines is 1. The van der Waals surface area contributed by atoms with Crippen LogP contribution in [0.15, 0.2) is 24.5 Å². The molecular weight excluding hydrogens is 334 g/mol. The van der Waals surface area contributed by atoms with Gasteiger partial charge < -0.3 is 20.9 Å². The number of hydrogen-bond acceptors (Lipinski definition) is 5. The number of alkyl halides is 1. The summed E-state index contributed by atoms with van der Waals surface area (Å²) in [5, 5.41) is 14.2. The lowest BCUT2D eigenvalue weighted by molar-refractivity contribution is 0.226. The van der Waals surface area contributed by atoms with Crippen molar-refractivity contribution in [2.24, 2.45) is 0 Å². The van der Waals surface area contributed by atoms with Gasteiger partial charge in [-0.15, -0.1) is 0 Å². The van der Waals surface area contributed by atoms with Gasteiger partial charge in [0.15, 0.2) is 0 Å². The predicted molar refractivity (Wildman–Crippen MR) is 106 cm³/mol. The summed E-state index contributed by atoms with van der Waals surface area (Å²) in [6, 6.07) is 1.99. The molecule has 0 radical (unpaired) electrons. The highest BCUT2D eigenvalue weighted by molar-refractivity contribution is 6.23. The summed E-state index contributed by atoms with van der Waals surface area (Å²) in [4.78, 5) is 6.98. The molecule has 25 heavy (non-hydrogen) atoms. The van der Waals surface area contributed by atoms with Crippen LogP contribution in [0, 0.1) is 5.41 Å². The van der Waals surface area contributed by atoms with Crippen LogP contribution in [0.5, 0.6) is 0 Å². The zero-order chi connectivity index (χ0) is 17.5. The van der Waals surface area contributed by atoms with Gasteiger partial charge in [0.1, 0.15) is 5.50 Å². The van der Waals surface area contributed by atoms with Crippen molar-refractivity contribution >= 4 is 35.2 Å². The second-order valence-electron chi connectivity index (χ2n) is 6.52. The van der Waals surface area contributed by atoms with Gasteiger partial charge in [-0.3, -0.25) is 4.98 Å². The first kappa shape index (κ1) is 18.0. The molecular formula is C19H26ClN5. The van der Waals surface area contributed by atoms with Gasteiger partial charge in [-0.25, -0.2) is 0 Å². The average molecular weight is 360 g/mol. The molecule has 0 aromatic carbocycles. The molecule has 2 aliphatic heterocycles. The SMILES string of the molecule is N=C/C(=C\NCCCN1CCCCC1)c1cnc2c(c1)NC(Cl)C=C2. The van der Waals surface area contributed by atoms with E-state index in [1.54, 1.807) is 6.20 Å². The van der Waals surface area contributed by atoms with Crippen LogP contribution in [0.3, 0.4) is 0 Å². The van der Waals surface area contributed by atoms with E-state index in [2.05, 4.69) is 20.5 Å². The Morgan fingerprint density at radius 3 is 3.04 bits per heavy atom. The standard InChI is InChI=1S/C19H26ClN5/c20-19-6-5-17-18(24-19)11-15(14-23-17)16(12-21)13-22-7-4-10-25-8-2-1-3-9-25/h5-6,11-14,19,21-22,24H,1-4,7-10H2/b16-13+,21-12?. The Labute approximate surface area is 154 Å². The minimum Gasteiger partial charge on any atom is -0.390 e. The van der Waals surface area contributed by atoms with E-state index in [-0.39, 0.29) is 5.50 Å². The Morgan fingerprint density at radius 1 is 1.40 bits per heavy atom. The number of nitrogens with zero attached hydrogens (tertiary/aromatic N) is 2. The third-order valence-electron chi connectivity index (χ3n) is 4.63. The smallest absolute Gasteiger partial charge is 0.120 e. The molecule has 1 aromatic heterocycles. The molecule has 1 aromatic rings. The summed E-state index contributed by atoms with van der Waals surface area (Å²) < 4.78 is 0. The molecule has 0 aliphatic carbocycles. The van der Waals surface area contributed by atoms with Gasteiger partial charge in [0.25, 0.3) is 0 Å². The Bertz CT molecular complexity index is 649. The molecule has 3 rings (SSSR count). The van der Waals surface area contributed by atoms with E-state index in [1.165, 1.54) is 38.6 Å². The lowest BCUT2D eigenvalue weighted by atomic mass is 10.1. The zero-order valence-electron chi connectivity index (χ0n) is 14.5. The lowest BCUT2D eigenvalue weighted by Crippen LogP contribution is -2.31. The molecule has 3 N–H and O–H groups in total. The molecule has 1 atom stereocenters. The molecule has 0 amide bonds. The second kappa shape index (κ2) is 9.02. The third kappa shape index (κ3) is 5.06. The highest BCUT2D eigenvalue weighted by Gasteiger charge is 2.12. The maximum atomic E-state index is 7.69. The van der Waals surface area contributed by atoms with Crippen LogP contribution in [0.1, 0.15) is 36.9 Å². The first-order valence-corrected chi connectivity index (χ1v) is 9.45. The maximum Gasteiger partial charge on any atom is 0.120 e. The van der Waals surface area contributed by atoms with Crippen molar-refractivity contribution in [3.8, 4) is 0 Å². The van der Waals surface area contributed by atoms with Gasteiger partial charge in [0.05, 0.1) is 11.4 Å².